The molecular weight excluding hydrogens is 228 g/mol. The lowest BCUT2D eigenvalue weighted by Crippen LogP contribution is -2.33. The summed E-state index contributed by atoms with van der Waals surface area (Å²) in [5.41, 5.74) is 6.56. The van der Waals surface area contributed by atoms with Gasteiger partial charge < -0.3 is 15.4 Å². The van der Waals surface area contributed by atoms with Gasteiger partial charge in [-0.3, -0.25) is 0 Å². The van der Waals surface area contributed by atoms with Crippen molar-refractivity contribution < 1.29 is 4.74 Å². The molecule has 0 amide bonds. The molecule has 0 aliphatic heterocycles. The van der Waals surface area contributed by atoms with Gasteiger partial charge in [-0.25, -0.2) is 9.97 Å². The molecule has 2 N–H and O–H groups in total. The summed E-state index contributed by atoms with van der Waals surface area (Å²) < 4.78 is 5.09. The van der Waals surface area contributed by atoms with Crippen molar-refractivity contribution in [2.24, 2.45) is 5.73 Å². The first kappa shape index (κ1) is 12.7. The molecule has 1 aromatic heterocycles. The van der Waals surface area contributed by atoms with Gasteiger partial charge in [0.05, 0.1) is 12.1 Å². The normalized spacial score (nSPS) is 10.8. The highest BCUT2D eigenvalue weighted by Gasteiger charge is 2.09. The molecule has 1 aromatic carbocycles. The lowest BCUT2D eigenvalue weighted by molar-refractivity contribution is 0.205. The van der Waals surface area contributed by atoms with Gasteiger partial charge in [-0.15, -0.1) is 0 Å². The van der Waals surface area contributed by atoms with Crippen LogP contribution < -0.4 is 10.6 Å². The lowest BCUT2D eigenvalue weighted by Gasteiger charge is -2.21. The summed E-state index contributed by atoms with van der Waals surface area (Å²) in [6.07, 6.45) is 1.84. The predicted octanol–water partition coefficient (Wildman–Crippen LogP) is 1.04. The van der Waals surface area contributed by atoms with Gasteiger partial charge in [-0.05, 0) is 6.07 Å². The maximum Gasteiger partial charge on any atom is 0.225 e. The molecule has 0 saturated carbocycles. The van der Waals surface area contributed by atoms with Gasteiger partial charge in [-0.1, -0.05) is 18.2 Å². The summed E-state index contributed by atoms with van der Waals surface area (Å²) >= 11 is 0. The molecule has 0 unspecified atom stereocenters. The van der Waals surface area contributed by atoms with Crippen LogP contribution >= 0.6 is 0 Å². The maximum atomic E-state index is 5.61. The molecule has 5 heteroatoms. The smallest absolute Gasteiger partial charge is 0.225 e. The third-order valence-electron chi connectivity index (χ3n) is 2.72. The van der Waals surface area contributed by atoms with E-state index in [1.54, 1.807) is 7.11 Å². The van der Waals surface area contributed by atoms with Gasteiger partial charge in [-0.2, -0.15) is 0 Å². The number of hydrogen-bond donors (Lipinski definition) is 1. The molecule has 0 aliphatic rings. The van der Waals surface area contributed by atoms with E-state index in [1.807, 2.05) is 35.4 Å². The zero-order valence-electron chi connectivity index (χ0n) is 10.5. The highest BCUT2D eigenvalue weighted by Crippen LogP contribution is 2.14. The minimum atomic E-state index is 0.569. The minimum Gasteiger partial charge on any atom is -0.383 e. The quantitative estimate of drug-likeness (QED) is 0.825. The van der Waals surface area contributed by atoms with Crippen LogP contribution in [0.4, 0.5) is 5.95 Å². The molecule has 0 saturated heterocycles. The summed E-state index contributed by atoms with van der Waals surface area (Å²) in [5.74, 6) is 0.705. The van der Waals surface area contributed by atoms with E-state index in [9.17, 15) is 0 Å². The van der Waals surface area contributed by atoms with E-state index in [2.05, 4.69) is 9.97 Å². The predicted molar refractivity (Wildman–Crippen MR) is 72.7 cm³/mol. The van der Waals surface area contributed by atoms with Crippen LogP contribution in [0.2, 0.25) is 0 Å². The van der Waals surface area contributed by atoms with Crippen LogP contribution in [0.5, 0.6) is 0 Å². The van der Waals surface area contributed by atoms with Gasteiger partial charge in [0.1, 0.15) is 0 Å². The summed E-state index contributed by atoms with van der Waals surface area (Å²) in [4.78, 5) is 11.0. The van der Waals surface area contributed by atoms with Crippen LogP contribution in [0.3, 0.4) is 0 Å². The molecule has 18 heavy (non-hydrogen) atoms. The van der Waals surface area contributed by atoms with Crippen LogP contribution in [0, 0.1) is 0 Å². The van der Waals surface area contributed by atoms with E-state index < -0.39 is 0 Å². The molecule has 96 valence electrons. The molecule has 0 bridgehead atoms. The fourth-order valence-electron chi connectivity index (χ4n) is 1.78. The second kappa shape index (κ2) is 6.28. The van der Waals surface area contributed by atoms with Gasteiger partial charge in [0.2, 0.25) is 5.95 Å². The van der Waals surface area contributed by atoms with E-state index >= 15 is 0 Å². The molecule has 1 heterocycles. The number of nitrogens with zero attached hydrogens (tertiary/aromatic N) is 3. The molecule has 0 radical (unpaired) electrons. The molecule has 0 aliphatic carbocycles. The molecule has 5 nitrogen and oxygen atoms in total. The first-order valence-electron chi connectivity index (χ1n) is 6.01. The number of ether oxygens (including phenoxy) is 1. The number of rotatable bonds is 6. The van der Waals surface area contributed by atoms with Crippen LogP contribution in [0.1, 0.15) is 0 Å². The summed E-state index contributed by atoms with van der Waals surface area (Å²) in [5, 5.41) is 1.04. The van der Waals surface area contributed by atoms with Gasteiger partial charge in [0.15, 0.2) is 0 Å². The number of nitrogens with two attached hydrogens (primary N) is 1. The van der Waals surface area contributed by atoms with Gasteiger partial charge in [0, 0.05) is 38.3 Å². The SMILES string of the molecule is COCCN(CCN)c1ncc2ccccc2n1. The zero-order chi connectivity index (χ0) is 12.8. The number of methoxy groups -OCH3 is 1. The van der Waals surface area contributed by atoms with Gasteiger partial charge in [0.25, 0.3) is 0 Å². The fourth-order valence-corrected chi connectivity index (χ4v) is 1.78. The Balaban J connectivity index is 2.25. The van der Waals surface area contributed by atoms with Crippen LogP contribution in [0.25, 0.3) is 10.9 Å². The van der Waals surface area contributed by atoms with E-state index in [0.29, 0.717) is 19.1 Å². The van der Waals surface area contributed by atoms with Crippen molar-refractivity contribution in [3.63, 3.8) is 0 Å². The van der Waals surface area contributed by atoms with Crippen molar-refractivity contribution in [1.82, 2.24) is 9.97 Å². The van der Waals surface area contributed by atoms with E-state index in [1.165, 1.54) is 0 Å². The second-order valence-electron chi connectivity index (χ2n) is 4.00. The zero-order valence-corrected chi connectivity index (χ0v) is 10.5. The Morgan fingerprint density at radius 1 is 1.28 bits per heavy atom. The molecular formula is C13H18N4O. The van der Waals surface area contributed by atoms with E-state index in [0.717, 1.165) is 24.0 Å². The van der Waals surface area contributed by atoms with Crippen LogP contribution in [0.15, 0.2) is 30.5 Å². The largest absolute Gasteiger partial charge is 0.383 e. The Labute approximate surface area is 107 Å². The topological polar surface area (TPSA) is 64.3 Å². The second-order valence-corrected chi connectivity index (χ2v) is 4.00. The van der Waals surface area contributed by atoms with Crippen molar-refractivity contribution >= 4 is 16.9 Å². The highest BCUT2D eigenvalue weighted by atomic mass is 16.5. The van der Waals surface area contributed by atoms with Crippen molar-refractivity contribution in [2.75, 3.05) is 38.3 Å². The fraction of sp³-hybridized carbons (Fsp3) is 0.385. The van der Waals surface area contributed by atoms with Crippen molar-refractivity contribution in [2.45, 2.75) is 0 Å². The average molecular weight is 246 g/mol. The number of hydrogen-bond acceptors (Lipinski definition) is 5. The molecule has 0 atom stereocenters. The first-order chi connectivity index (χ1) is 8.85. The standard InChI is InChI=1S/C13H18N4O/c1-18-9-8-17(7-6-14)13-15-10-11-4-2-3-5-12(11)16-13/h2-5,10H,6-9,14H2,1H3. The van der Waals surface area contributed by atoms with Crippen molar-refractivity contribution in [3.05, 3.63) is 30.5 Å². The lowest BCUT2D eigenvalue weighted by atomic mass is 10.2. The molecule has 0 fully saturated rings. The van der Waals surface area contributed by atoms with Crippen molar-refractivity contribution in [3.8, 4) is 0 Å². The van der Waals surface area contributed by atoms with E-state index in [4.69, 9.17) is 10.5 Å². The first-order valence-corrected chi connectivity index (χ1v) is 6.01. The number of anilines is 1. The van der Waals surface area contributed by atoms with Crippen LogP contribution in [-0.4, -0.2) is 43.3 Å². The van der Waals surface area contributed by atoms with Crippen LogP contribution in [-0.2, 0) is 4.74 Å². The van der Waals surface area contributed by atoms with E-state index in [-0.39, 0.29) is 0 Å². The number of para-hydroxylation sites is 1. The number of aromatic nitrogens is 2. The highest BCUT2D eigenvalue weighted by molar-refractivity contribution is 5.78. The summed E-state index contributed by atoms with van der Waals surface area (Å²) in [7, 11) is 1.68. The average Bonchev–Trinajstić information content (AvgIpc) is 2.43. The maximum absolute atomic E-state index is 5.61. The third kappa shape index (κ3) is 2.94. The van der Waals surface area contributed by atoms with Crippen molar-refractivity contribution in [1.29, 1.82) is 0 Å². The Morgan fingerprint density at radius 2 is 2.11 bits per heavy atom. The number of fused-ring (bicyclic) bond motifs is 1. The summed E-state index contributed by atoms with van der Waals surface area (Å²) in [6, 6.07) is 7.94. The number of benzene rings is 1. The molecule has 2 rings (SSSR count). The monoisotopic (exact) mass is 246 g/mol. The summed E-state index contributed by atoms with van der Waals surface area (Å²) in [6.45, 7) is 2.67. The Hall–Kier alpha value is -1.72. The Morgan fingerprint density at radius 3 is 2.89 bits per heavy atom. The Kier molecular flexibility index (Phi) is 4.44. The minimum absolute atomic E-state index is 0.569. The van der Waals surface area contributed by atoms with Gasteiger partial charge >= 0.3 is 0 Å². The molecule has 0 spiro atoms. The Bertz CT molecular complexity index is 503. The third-order valence-corrected chi connectivity index (χ3v) is 2.72. The molecule has 2 aromatic rings.